The summed E-state index contributed by atoms with van der Waals surface area (Å²) in [6, 6.07) is 2.96. The molecule has 0 aliphatic heterocycles. The zero-order chi connectivity index (χ0) is 17.8. The standard InChI is InChI=1S/C24H32N2/c1-3-23-8-7-15-14-6-5-13(26)9-16(14)17-10-18(17)21(15)22(23)19-11-20(19)24(23,4-2)12-25/h9,14-15,17-22,26H,3-8,10-11H2,1-2H3/t14-,15-,17-,18-,19-,20+,21+,22+,23+,24+/m1/s1. The number of hydrogen-bond acceptors (Lipinski definition) is 2. The smallest absolute Gasteiger partial charge is 0.0698 e. The van der Waals surface area contributed by atoms with Crippen molar-refractivity contribution in [3.8, 4) is 6.07 Å². The minimum atomic E-state index is -0.0166. The van der Waals surface area contributed by atoms with E-state index in [1.165, 1.54) is 38.5 Å². The Bertz CT molecular complexity index is 759. The molecule has 5 fully saturated rings. The Labute approximate surface area is 157 Å². The van der Waals surface area contributed by atoms with Gasteiger partial charge in [0.05, 0.1) is 11.5 Å². The fourth-order valence-corrected chi connectivity index (χ4v) is 9.57. The van der Waals surface area contributed by atoms with Gasteiger partial charge in [0.15, 0.2) is 0 Å². The summed E-state index contributed by atoms with van der Waals surface area (Å²) >= 11 is 0. The predicted octanol–water partition coefficient (Wildman–Crippen LogP) is 5.60. The van der Waals surface area contributed by atoms with E-state index in [0.29, 0.717) is 5.41 Å². The second-order valence-corrected chi connectivity index (χ2v) is 10.6. The Kier molecular flexibility index (Phi) is 2.96. The summed E-state index contributed by atoms with van der Waals surface area (Å²) < 4.78 is 0. The molecule has 6 rings (SSSR count). The molecule has 2 heteroatoms. The summed E-state index contributed by atoms with van der Waals surface area (Å²) in [5.74, 6) is 6.70. The maximum Gasteiger partial charge on any atom is 0.0698 e. The van der Waals surface area contributed by atoms with E-state index >= 15 is 0 Å². The van der Waals surface area contributed by atoms with Gasteiger partial charge in [-0.25, -0.2) is 0 Å². The summed E-state index contributed by atoms with van der Waals surface area (Å²) in [5, 5.41) is 18.5. The molecule has 0 radical (unpaired) electrons. The molecule has 0 heterocycles. The van der Waals surface area contributed by atoms with E-state index in [4.69, 9.17) is 5.41 Å². The van der Waals surface area contributed by atoms with Crippen LogP contribution in [0.5, 0.6) is 0 Å². The summed E-state index contributed by atoms with van der Waals surface area (Å²) in [6.45, 7) is 4.71. The van der Waals surface area contributed by atoms with Crippen molar-refractivity contribution in [1.29, 1.82) is 10.7 Å². The van der Waals surface area contributed by atoms with E-state index in [0.717, 1.165) is 65.9 Å². The van der Waals surface area contributed by atoms with E-state index in [-0.39, 0.29) is 5.41 Å². The van der Waals surface area contributed by atoms with Gasteiger partial charge in [0, 0.05) is 5.71 Å². The summed E-state index contributed by atoms with van der Waals surface area (Å²) in [5.41, 5.74) is 2.87. The van der Waals surface area contributed by atoms with Crippen LogP contribution in [0.3, 0.4) is 0 Å². The Morgan fingerprint density at radius 1 is 1.12 bits per heavy atom. The maximum atomic E-state index is 10.4. The molecule has 0 spiro atoms. The van der Waals surface area contributed by atoms with Crippen LogP contribution in [0, 0.1) is 74.9 Å². The fourth-order valence-electron chi connectivity index (χ4n) is 9.57. The lowest BCUT2D eigenvalue weighted by Gasteiger charge is -2.58. The average Bonchev–Trinajstić information content (AvgIpc) is 3.57. The lowest BCUT2D eigenvalue weighted by Crippen LogP contribution is -2.53. The maximum absolute atomic E-state index is 10.4. The molecule has 0 unspecified atom stereocenters. The van der Waals surface area contributed by atoms with Crippen LogP contribution in [0.2, 0.25) is 0 Å². The molecule has 0 aromatic heterocycles. The number of allylic oxidation sites excluding steroid dienone is 2. The second kappa shape index (κ2) is 4.84. The van der Waals surface area contributed by atoms with Crippen molar-refractivity contribution < 1.29 is 0 Å². The molecule has 26 heavy (non-hydrogen) atoms. The Hall–Kier alpha value is -1.10. The highest BCUT2D eigenvalue weighted by atomic mass is 14.8. The first-order chi connectivity index (χ1) is 12.6. The van der Waals surface area contributed by atoms with Crippen LogP contribution >= 0.6 is 0 Å². The number of nitrogens with one attached hydrogen (secondary N) is 1. The van der Waals surface area contributed by atoms with Crippen molar-refractivity contribution in [3.63, 3.8) is 0 Å². The monoisotopic (exact) mass is 348 g/mol. The third-order valence-electron chi connectivity index (χ3n) is 10.5. The Morgan fingerprint density at radius 2 is 1.96 bits per heavy atom. The van der Waals surface area contributed by atoms with Crippen molar-refractivity contribution >= 4 is 5.71 Å². The normalized spacial score (nSPS) is 58.3. The molecule has 1 N–H and O–H groups in total. The molecule has 6 aliphatic carbocycles. The molecule has 6 aliphatic rings. The van der Waals surface area contributed by atoms with Gasteiger partial charge in [-0.3, -0.25) is 0 Å². The van der Waals surface area contributed by atoms with Gasteiger partial charge in [0.2, 0.25) is 0 Å². The van der Waals surface area contributed by atoms with Gasteiger partial charge in [-0.15, -0.1) is 0 Å². The van der Waals surface area contributed by atoms with Crippen LogP contribution in [0.25, 0.3) is 0 Å². The van der Waals surface area contributed by atoms with Gasteiger partial charge in [0.25, 0.3) is 0 Å². The number of rotatable bonds is 2. The predicted molar refractivity (Wildman–Crippen MR) is 102 cm³/mol. The molecule has 10 atom stereocenters. The van der Waals surface area contributed by atoms with E-state index in [1.54, 1.807) is 5.57 Å². The van der Waals surface area contributed by atoms with Gasteiger partial charge in [-0.05, 0) is 110 Å². The fraction of sp³-hybridized carbons (Fsp3) is 0.833. The number of nitrogens with zero attached hydrogens (tertiary/aromatic N) is 1. The first-order valence-corrected chi connectivity index (χ1v) is 11.3. The molecule has 0 aromatic rings. The molecule has 0 aromatic carbocycles. The molecule has 2 nitrogen and oxygen atoms in total. The molecule has 5 saturated carbocycles. The number of nitriles is 1. The largest absolute Gasteiger partial charge is 0.305 e. The van der Waals surface area contributed by atoms with Crippen molar-refractivity contribution in [2.45, 2.75) is 65.2 Å². The Morgan fingerprint density at radius 3 is 2.69 bits per heavy atom. The topological polar surface area (TPSA) is 47.6 Å². The van der Waals surface area contributed by atoms with Crippen LogP contribution in [0.1, 0.15) is 65.2 Å². The van der Waals surface area contributed by atoms with Crippen LogP contribution < -0.4 is 0 Å². The first kappa shape index (κ1) is 15.9. The lowest BCUT2D eigenvalue weighted by molar-refractivity contribution is -0.0824. The highest BCUT2D eigenvalue weighted by Crippen LogP contribution is 2.82. The zero-order valence-electron chi connectivity index (χ0n) is 16.3. The number of fused-ring (bicyclic) bond motifs is 10. The highest BCUT2D eigenvalue weighted by Gasteiger charge is 2.78. The molecule has 0 bridgehead atoms. The minimum Gasteiger partial charge on any atom is -0.305 e. The first-order valence-electron chi connectivity index (χ1n) is 11.3. The summed E-state index contributed by atoms with van der Waals surface area (Å²) in [7, 11) is 0. The Balaban J connectivity index is 1.45. The van der Waals surface area contributed by atoms with Crippen molar-refractivity contribution in [1.82, 2.24) is 0 Å². The number of hydrogen-bond donors (Lipinski definition) is 1. The van der Waals surface area contributed by atoms with E-state index in [1.807, 2.05) is 0 Å². The molecule has 0 amide bonds. The SMILES string of the molecule is CC[C@]12CC[C@H]3[C@@H]([C@@H]4C[C@@H]4C4=CC(=N)CC[C@@H]43)[C@@H]1[C@@H]1C[C@@H]1[C@@]2(C#N)CC. The van der Waals surface area contributed by atoms with Crippen molar-refractivity contribution in [3.05, 3.63) is 11.6 Å². The average molecular weight is 349 g/mol. The van der Waals surface area contributed by atoms with Gasteiger partial charge in [0.1, 0.15) is 0 Å². The molecular weight excluding hydrogens is 316 g/mol. The van der Waals surface area contributed by atoms with Crippen LogP contribution in [-0.2, 0) is 0 Å². The van der Waals surface area contributed by atoms with Gasteiger partial charge >= 0.3 is 0 Å². The molecule has 138 valence electrons. The molecular formula is C24H32N2. The summed E-state index contributed by atoms with van der Waals surface area (Å²) in [6.07, 6.45) is 12.3. The summed E-state index contributed by atoms with van der Waals surface area (Å²) in [4.78, 5) is 0. The van der Waals surface area contributed by atoms with E-state index in [9.17, 15) is 5.26 Å². The van der Waals surface area contributed by atoms with E-state index in [2.05, 4.69) is 26.0 Å². The molecule has 0 saturated heterocycles. The van der Waals surface area contributed by atoms with Crippen molar-refractivity contribution in [2.75, 3.05) is 0 Å². The minimum absolute atomic E-state index is 0.0166. The van der Waals surface area contributed by atoms with Gasteiger partial charge < -0.3 is 5.41 Å². The van der Waals surface area contributed by atoms with Gasteiger partial charge in [-0.1, -0.05) is 19.4 Å². The highest BCUT2D eigenvalue weighted by molar-refractivity contribution is 5.94. The van der Waals surface area contributed by atoms with Crippen molar-refractivity contribution in [2.24, 2.45) is 58.2 Å². The van der Waals surface area contributed by atoms with Crippen LogP contribution in [0.15, 0.2) is 11.6 Å². The quantitative estimate of drug-likeness (QED) is 0.693. The second-order valence-electron chi connectivity index (χ2n) is 10.6. The van der Waals surface area contributed by atoms with Gasteiger partial charge in [-0.2, -0.15) is 5.26 Å². The third-order valence-corrected chi connectivity index (χ3v) is 10.5. The van der Waals surface area contributed by atoms with Crippen LogP contribution in [-0.4, -0.2) is 5.71 Å². The third kappa shape index (κ3) is 1.56. The van der Waals surface area contributed by atoms with Crippen LogP contribution in [0.4, 0.5) is 0 Å². The zero-order valence-corrected chi connectivity index (χ0v) is 16.3. The lowest BCUT2D eigenvalue weighted by atomic mass is 9.45. The van der Waals surface area contributed by atoms with E-state index < -0.39 is 0 Å².